The van der Waals surface area contributed by atoms with Crippen molar-refractivity contribution in [1.82, 2.24) is 30.9 Å². The summed E-state index contributed by atoms with van der Waals surface area (Å²) >= 11 is 6.36. The number of hydrogen-bond acceptors (Lipinski definition) is 12. The molecule has 1 unspecified atom stereocenters. The summed E-state index contributed by atoms with van der Waals surface area (Å²) < 4.78 is 24.8. The van der Waals surface area contributed by atoms with Crippen LogP contribution in [0.15, 0.2) is 60.8 Å². The van der Waals surface area contributed by atoms with Crippen molar-refractivity contribution in [2.75, 3.05) is 20.2 Å². The zero-order valence-electron chi connectivity index (χ0n) is 36.4. The smallest absolute Gasteiger partial charge is 0.347 e. The van der Waals surface area contributed by atoms with E-state index in [9.17, 15) is 29.1 Å². The van der Waals surface area contributed by atoms with Crippen LogP contribution in [-0.2, 0) is 57.6 Å². The number of carbonyl (C=O) groups is 5. The molecule has 62 heavy (non-hydrogen) atoms. The van der Waals surface area contributed by atoms with Crippen molar-refractivity contribution in [2.45, 2.75) is 117 Å². The highest BCUT2D eigenvalue weighted by Gasteiger charge is 2.48. The number of cyclic esters (lactones) is 2. The van der Waals surface area contributed by atoms with E-state index in [0.29, 0.717) is 41.5 Å². The molecule has 3 heterocycles. The molecule has 0 bridgehead atoms. The largest absolute Gasteiger partial charge is 0.495 e. The number of rotatable bonds is 16. The zero-order valence-corrected chi connectivity index (χ0v) is 37.1. The molecule has 3 aromatic rings. The lowest BCUT2D eigenvalue weighted by atomic mass is 9.92. The second kappa shape index (κ2) is 21.7. The number of nitrogens with one attached hydrogen (secondary N) is 3. The van der Waals surface area contributed by atoms with Gasteiger partial charge in [-0.3, -0.25) is 14.4 Å². The number of nitrogens with zero attached hydrogens (tertiary/aromatic N) is 3. The number of aliphatic carboxylic acids is 1. The number of carbonyl (C=O) groups excluding carboxylic acids is 4. The van der Waals surface area contributed by atoms with Gasteiger partial charge < -0.3 is 40.0 Å². The van der Waals surface area contributed by atoms with Crippen LogP contribution in [0.4, 0.5) is 0 Å². The number of carboxylic acid groups (broad SMARTS) is 1. The Morgan fingerprint density at radius 1 is 1.08 bits per heavy atom. The third-order valence-electron chi connectivity index (χ3n) is 11.0. The summed E-state index contributed by atoms with van der Waals surface area (Å²) in [5.41, 5.74) is 2.16. The van der Waals surface area contributed by atoms with Gasteiger partial charge in [0.2, 0.25) is 11.8 Å². The van der Waals surface area contributed by atoms with Crippen molar-refractivity contribution < 1.29 is 48.0 Å². The van der Waals surface area contributed by atoms with Crippen LogP contribution in [0.5, 0.6) is 5.75 Å². The first-order valence-electron chi connectivity index (χ1n) is 21.1. The number of methoxy groups -OCH3 is 1. The van der Waals surface area contributed by atoms with E-state index in [-0.39, 0.29) is 49.9 Å². The molecule has 2 aliphatic heterocycles. The Balaban J connectivity index is 1.26. The molecule has 5 rings (SSSR count). The van der Waals surface area contributed by atoms with Crippen molar-refractivity contribution in [3.8, 4) is 5.75 Å². The van der Waals surface area contributed by atoms with Gasteiger partial charge in [-0.2, -0.15) is 0 Å². The molecule has 2 aliphatic rings. The van der Waals surface area contributed by atoms with Crippen molar-refractivity contribution in [2.24, 2.45) is 17.3 Å². The van der Waals surface area contributed by atoms with Gasteiger partial charge >= 0.3 is 17.9 Å². The normalized spacial score (nSPS) is 23.7. The van der Waals surface area contributed by atoms with Crippen LogP contribution in [0.3, 0.4) is 0 Å². The number of benzene rings is 2. The average molecular weight is 879 g/mol. The first-order valence-corrected chi connectivity index (χ1v) is 21.4. The minimum absolute atomic E-state index is 0.0171. The predicted molar refractivity (Wildman–Crippen MR) is 229 cm³/mol. The van der Waals surface area contributed by atoms with Crippen LogP contribution < -0.4 is 20.7 Å². The fourth-order valence-corrected chi connectivity index (χ4v) is 7.45. The Morgan fingerprint density at radius 2 is 1.81 bits per heavy atom. The lowest BCUT2D eigenvalue weighted by Crippen LogP contribution is -2.51. The van der Waals surface area contributed by atoms with Crippen molar-refractivity contribution in [1.29, 1.82) is 0 Å². The number of carboxylic acids is 1. The van der Waals surface area contributed by atoms with Gasteiger partial charge in [0, 0.05) is 31.8 Å². The summed E-state index contributed by atoms with van der Waals surface area (Å²) in [5, 5.41) is 26.7. The predicted octanol–water partition coefficient (Wildman–Crippen LogP) is 5.08. The van der Waals surface area contributed by atoms with Gasteiger partial charge in [-0.05, 0) is 80.5 Å². The van der Waals surface area contributed by atoms with E-state index in [1.54, 1.807) is 51.2 Å². The second-order valence-electron chi connectivity index (χ2n) is 17.0. The average Bonchev–Trinajstić information content (AvgIpc) is 3.90. The van der Waals surface area contributed by atoms with E-state index in [2.05, 4.69) is 26.3 Å². The van der Waals surface area contributed by atoms with Gasteiger partial charge in [0.25, 0.3) is 0 Å². The summed E-state index contributed by atoms with van der Waals surface area (Å²) in [6, 6.07) is 11.4. The Labute approximate surface area is 367 Å². The van der Waals surface area contributed by atoms with E-state index in [1.165, 1.54) is 17.9 Å². The third-order valence-corrected chi connectivity index (χ3v) is 11.3. The summed E-state index contributed by atoms with van der Waals surface area (Å²) in [6.07, 6.45) is 3.69. The lowest BCUT2D eigenvalue weighted by molar-refractivity contribution is -0.179. The molecule has 0 radical (unpaired) electrons. The maximum absolute atomic E-state index is 13.8. The SMILES string of the molecule is CCC(C(=O)O)n1cc(CNCCc2ccc([C@H]3O[C@@H]3[C@@H](C)[C@@H]3C/C=C\C(=O)N[C@H](Cc4ccc(OC)c(Cl)c4)C(=O)NCC(C)(C)C(=O)O[C@@H](CC(C)C)C(=O)O3)cc2)nn1. The molecular weight excluding hydrogens is 820 g/mol. The quantitative estimate of drug-likeness (QED) is 0.0841. The lowest BCUT2D eigenvalue weighted by Gasteiger charge is -2.29. The van der Waals surface area contributed by atoms with E-state index in [0.717, 1.165) is 17.5 Å². The standard InChI is InChI=1S/C45H59ClN6O10/c1-8-34(42(55)56)52-24-31(50-51-52)23-47-19-18-28-12-15-30(16-13-28)40-39(62-40)27(4)35-10-9-11-38(53)49-33(22-29-14-17-36(59-7)32(46)21-29)41(54)48-25-45(5,6)44(58)61-37(20-26(2)3)43(57)60-35/h9,11-17,21,24,26-27,33-35,37,39-40,47H,8,10,18-20,22-23,25H2,1-7H3,(H,48,54)(H,49,53)(H,55,56)/b11-9-/t27-,33+,34?,35-,37-,39+,40+/m0/s1. The van der Waals surface area contributed by atoms with Crippen LogP contribution in [0.1, 0.15) is 95.3 Å². The summed E-state index contributed by atoms with van der Waals surface area (Å²) in [5.74, 6) is -3.25. The topological polar surface area (TPSA) is 213 Å². The third kappa shape index (κ3) is 13.1. The Bertz CT molecular complexity index is 2070. The minimum Gasteiger partial charge on any atom is -0.495 e. The molecule has 336 valence electrons. The van der Waals surface area contributed by atoms with E-state index in [1.807, 2.05) is 45.0 Å². The molecule has 0 spiro atoms. The van der Waals surface area contributed by atoms with E-state index >= 15 is 0 Å². The minimum atomic E-state index is -1.24. The molecule has 1 fully saturated rings. The highest BCUT2D eigenvalue weighted by Crippen LogP contribution is 2.45. The van der Waals surface area contributed by atoms with Crippen molar-refractivity contribution in [3.63, 3.8) is 0 Å². The van der Waals surface area contributed by atoms with Crippen molar-refractivity contribution >= 4 is 41.3 Å². The number of aromatic nitrogens is 3. The molecule has 2 aromatic carbocycles. The second-order valence-corrected chi connectivity index (χ2v) is 17.4. The van der Waals surface area contributed by atoms with Crippen LogP contribution in [0.25, 0.3) is 0 Å². The molecule has 1 saturated heterocycles. The van der Waals surface area contributed by atoms with Crippen LogP contribution >= 0.6 is 11.6 Å². The summed E-state index contributed by atoms with van der Waals surface area (Å²) in [6.45, 7) is 11.7. The Hall–Kier alpha value is -5.32. The number of amides is 2. The van der Waals surface area contributed by atoms with Gasteiger partial charge in [0.1, 0.15) is 24.0 Å². The van der Waals surface area contributed by atoms with Crippen LogP contribution in [0.2, 0.25) is 5.02 Å². The highest BCUT2D eigenvalue weighted by molar-refractivity contribution is 6.32. The molecule has 0 aliphatic carbocycles. The monoisotopic (exact) mass is 878 g/mol. The maximum atomic E-state index is 13.8. The number of ether oxygens (including phenoxy) is 4. The first kappa shape index (κ1) is 47.7. The Kier molecular flexibility index (Phi) is 16.7. The van der Waals surface area contributed by atoms with Gasteiger partial charge in [0.05, 0.1) is 35.5 Å². The molecule has 7 atom stereocenters. The molecule has 4 N–H and O–H groups in total. The van der Waals surface area contributed by atoms with E-state index < -0.39 is 59.4 Å². The molecule has 1 aromatic heterocycles. The Morgan fingerprint density at radius 3 is 2.47 bits per heavy atom. The zero-order chi connectivity index (χ0) is 45.1. The molecule has 16 nitrogen and oxygen atoms in total. The van der Waals surface area contributed by atoms with Gasteiger partial charge in [-0.1, -0.05) is 80.9 Å². The number of halogens is 1. The summed E-state index contributed by atoms with van der Waals surface area (Å²) in [4.78, 5) is 65.8. The van der Waals surface area contributed by atoms with Crippen LogP contribution in [-0.4, -0.2) is 94.4 Å². The molecular formula is C45H59ClN6O10. The van der Waals surface area contributed by atoms with Gasteiger partial charge in [-0.15, -0.1) is 5.10 Å². The number of esters is 2. The molecule has 2 amide bonds. The summed E-state index contributed by atoms with van der Waals surface area (Å²) in [7, 11) is 1.50. The van der Waals surface area contributed by atoms with Crippen molar-refractivity contribution in [3.05, 3.63) is 88.2 Å². The van der Waals surface area contributed by atoms with E-state index in [4.69, 9.17) is 30.5 Å². The fraction of sp³-hybridized carbons (Fsp3) is 0.533. The molecule has 17 heteroatoms. The van der Waals surface area contributed by atoms with Gasteiger partial charge in [-0.25, -0.2) is 14.3 Å². The maximum Gasteiger partial charge on any atom is 0.347 e. The first-order chi connectivity index (χ1) is 29.5. The highest BCUT2D eigenvalue weighted by atomic mass is 35.5. The van der Waals surface area contributed by atoms with Gasteiger partial charge in [0.15, 0.2) is 12.1 Å². The van der Waals surface area contributed by atoms with Crippen LogP contribution in [0, 0.1) is 17.3 Å². The number of epoxide rings is 1. The fourth-order valence-electron chi connectivity index (χ4n) is 7.17. The number of hydrogen-bond donors (Lipinski definition) is 4. The molecule has 0 saturated carbocycles.